The Morgan fingerprint density at radius 1 is 0.833 bits per heavy atom. The average molecular weight is 241 g/mol. The molecule has 2 heteroatoms. The predicted molar refractivity (Wildman–Crippen MR) is 75.3 cm³/mol. The van der Waals surface area contributed by atoms with Crippen LogP contribution in [0.4, 0.5) is 5.69 Å². The van der Waals surface area contributed by atoms with Crippen molar-refractivity contribution < 1.29 is 4.74 Å². The minimum atomic E-state index is 0.618. The van der Waals surface area contributed by atoms with Gasteiger partial charge < -0.3 is 10.5 Å². The van der Waals surface area contributed by atoms with Crippen LogP contribution in [-0.2, 0) is 18.0 Å². The summed E-state index contributed by atoms with van der Waals surface area (Å²) in [7, 11) is 0. The van der Waals surface area contributed by atoms with Crippen LogP contribution in [0.15, 0.2) is 42.5 Å². The van der Waals surface area contributed by atoms with E-state index in [-0.39, 0.29) is 0 Å². The van der Waals surface area contributed by atoms with Gasteiger partial charge in [-0.1, -0.05) is 30.3 Å². The number of hydrogen-bond acceptors (Lipinski definition) is 2. The Morgan fingerprint density at radius 3 is 2.11 bits per heavy atom. The summed E-state index contributed by atoms with van der Waals surface area (Å²) < 4.78 is 5.70. The number of ether oxygens (including phenoxy) is 1. The van der Waals surface area contributed by atoms with Crippen LogP contribution >= 0.6 is 0 Å². The molecule has 0 amide bonds. The summed E-state index contributed by atoms with van der Waals surface area (Å²) in [4.78, 5) is 0. The minimum Gasteiger partial charge on any atom is -0.399 e. The molecule has 0 saturated heterocycles. The highest BCUT2D eigenvalue weighted by Gasteiger charge is 1.98. The van der Waals surface area contributed by atoms with E-state index in [2.05, 4.69) is 32.0 Å². The van der Waals surface area contributed by atoms with E-state index in [9.17, 15) is 0 Å². The van der Waals surface area contributed by atoms with Gasteiger partial charge in [0.25, 0.3) is 0 Å². The molecule has 0 spiro atoms. The molecule has 0 radical (unpaired) electrons. The predicted octanol–water partition coefficient (Wildman–Crippen LogP) is 3.60. The van der Waals surface area contributed by atoms with Gasteiger partial charge >= 0.3 is 0 Å². The Hall–Kier alpha value is -1.80. The summed E-state index contributed by atoms with van der Waals surface area (Å²) in [6.45, 7) is 5.51. The summed E-state index contributed by atoms with van der Waals surface area (Å²) >= 11 is 0. The lowest BCUT2D eigenvalue weighted by atomic mass is 10.1. The first kappa shape index (κ1) is 12.7. The molecular formula is C16H19NO. The van der Waals surface area contributed by atoms with Gasteiger partial charge in [0.1, 0.15) is 0 Å². The molecule has 0 aromatic heterocycles. The highest BCUT2D eigenvalue weighted by Crippen LogP contribution is 2.12. The Balaban J connectivity index is 1.88. The molecular weight excluding hydrogens is 222 g/mol. The molecule has 0 fully saturated rings. The van der Waals surface area contributed by atoms with Crippen LogP contribution in [0.5, 0.6) is 0 Å². The fourth-order valence-electron chi connectivity index (χ4n) is 1.79. The van der Waals surface area contributed by atoms with Gasteiger partial charge in [-0.25, -0.2) is 0 Å². The molecule has 0 saturated carbocycles. The van der Waals surface area contributed by atoms with Crippen molar-refractivity contribution in [3.63, 3.8) is 0 Å². The molecule has 18 heavy (non-hydrogen) atoms. The molecule has 2 N–H and O–H groups in total. The minimum absolute atomic E-state index is 0.618. The molecule has 2 nitrogen and oxygen atoms in total. The SMILES string of the molecule is Cc1ccc(COCc2ccc(N)cc2)cc1C. The van der Waals surface area contributed by atoms with Crippen LogP contribution < -0.4 is 5.73 Å². The first-order chi connectivity index (χ1) is 8.65. The van der Waals surface area contributed by atoms with Crippen molar-refractivity contribution in [2.75, 3.05) is 5.73 Å². The summed E-state index contributed by atoms with van der Waals surface area (Å²) in [6.07, 6.45) is 0. The second-order valence-electron chi connectivity index (χ2n) is 4.65. The van der Waals surface area contributed by atoms with E-state index in [1.165, 1.54) is 16.7 Å². The van der Waals surface area contributed by atoms with Crippen molar-refractivity contribution in [1.29, 1.82) is 0 Å². The molecule has 0 aliphatic carbocycles. The second-order valence-corrected chi connectivity index (χ2v) is 4.65. The van der Waals surface area contributed by atoms with Crippen LogP contribution in [0.2, 0.25) is 0 Å². The summed E-state index contributed by atoms with van der Waals surface area (Å²) in [5.41, 5.74) is 11.4. The smallest absolute Gasteiger partial charge is 0.0721 e. The maximum absolute atomic E-state index is 5.70. The van der Waals surface area contributed by atoms with Gasteiger partial charge in [0, 0.05) is 5.69 Å². The number of nitrogens with two attached hydrogens (primary N) is 1. The number of aryl methyl sites for hydroxylation is 2. The lowest BCUT2D eigenvalue weighted by Gasteiger charge is -2.07. The van der Waals surface area contributed by atoms with Crippen molar-refractivity contribution in [1.82, 2.24) is 0 Å². The molecule has 0 aliphatic rings. The quantitative estimate of drug-likeness (QED) is 0.830. The lowest BCUT2D eigenvalue weighted by Crippen LogP contribution is -1.95. The molecule has 2 aromatic rings. The van der Waals surface area contributed by atoms with Gasteiger partial charge in [0.15, 0.2) is 0 Å². The topological polar surface area (TPSA) is 35.2 Å². The first-order valence-electron chi connectivity index (χ1n) is 6.13. The Labute approximate surface area is 108 Å². The van der Waals surface area contributed by atoms with Crippen LogP contribution in [0.3, 0.4) is 0 Å². The number of benzene rings is 2. The average Bonchev–Trinajstić information content (AvgIpc) is 2.36. The molecule has 0 aliphatic heterocycles. The highest BCUT2D eigenvalue weighted by molar-refractivity contribution is 5.39. The van der Waals surface area contributed by atoms with E-state index in [0.29, 0.717) is 13.2 Å². The third kappa shape index (κ3) is 3.34. The van der Waals surface area contributed by atoms with Crippen molar-refractivity contribution >= 4 is 5.69 Å². The van der Waals surface area contributed by atoms with Crippen molar-refractivity contribution in [3.05, 3.63) is 64.7 Å². The van der Waals surface area contributed by atoms with Crippen LogP contribution in [0.25, 0.3) is 0 Å². The zero-order valence-corrected chi connectivity index (χ0v) is 10.9. The van der Waals surface area contributed by atoms with Crippen LogP contribution in [0.1, 0.15) is 22.3 Å². The molecule has 0 atom stereocenters. The zero-order chi connectivity index (χ0) is 13.0. The standard InChI is InChI=1S/C16H19NO/c1-12-3-4-15(9-13(12)2)11-18-10-14-5-7-16(17)8-6-14/h3-9H,10-11,17H2,1-2H3. The Morgan fingerprint density at radius 2 is 1.44 bits per heavy atom. The van der Waals surface area contributed by atoms with E-state index >= 15 is 0 Å². The summed E-state index contributed by atoms with van der Waals surface area (Å²) in [5.74, 6) is 0. The monoisotopic (exact) mass is 241 g/mol. The van der Waals surface area contributed by atoms with Gasteiger partial charge in [-0.2, -0.15) is 0 Å². The first-order valence-corrected chi connectivity index (χ1v) is 6.13. The largest absolute Gasteiger partial charge is 0.399 e. The van der Waals surface area contributed by atoms with E-state index < -0.39 is 0 Å². The molecule has 0 unspecified atom stereocenters. The Kier molecular flexibility index (Phi) is 4.00. The third-order valence-corrected chi connectivity index (χ3v) is 3.09. The van der Waals surface area contributed by atoms with Gasteiger partial charge in [0.05, 0.1) is 13.2 Å². The van der Waals surface area contributed by atoms with Crippen LogP contribution in [0, 0.1) is 13.8 Å². The molecule has 0 heterocycles. The van der Waals surface area contributed by atoms with E-state index in [4.69, 9.17) is 10.5 Å². The molecule has 94 valence electrons. The van der Waals surface area contributed by atoms with Crippen LogP contribution in [-0.4, -0.2) is 0 Å². The van der Waals surface area contributed by atoms with Gasteiger partial charge in [-0.15, -0.1) is 0 Å². The molecule has 2 aromatic carbocycles. The second kappa shape index (κ2) is 5.69. The van der Waals surface area contributed by atoms with Crippen molar-refractivity contribution in [2.45, 2.75) is 27.1 Å². The van der Waals surface area contributed by atoms with Crippen molar-refractivity contribution in [3.8, 4) is 0 Å². The maximum atomic E-state index is 5.70. The number of nitrogen functional groups attached to an aromatic ring is 1. The van der Waals surface area contributed by atoms with Crippen molar-refractivity contribution in [2.24, 2.45) is 0 Å². The number of rotatable bonds is 4. The maximum Gasteiger partial charge on any atom is 0.0721 e. The number of hydrogen-bond donors (Lipinski definition) is 1. The Bertz CT molecular complexity index is 517. The fraction of sp³-hybridized carbons (Fsp3) is 0.250. The fourth-order valence-corrected chi connectivity index (χ4v) is 1.79. The third-order valence-electron chi connectivity index (χ3n) is 3.09. The summed E-state index contributed by atoms with van der Waals surface area (Å²) in [6, 6.07) is 14.2. The van der Waals surface area contributed by atoms with Gasteiger partial charge in [0.2, 0.25) is 0 Å². The number of anilines is 1. The lowest BCUT2D eigenvalue weighted by molar-refractivity contribution is 0.107. The zero-order valence-electron chi connectivity index (χ0n) is 10.9. The highest BCUT2D eigenvalue weighted by atomic mass is 16.5. The molecule has 0 bridgehead atoms. The van der Waals surface area contributed by atoms with E-state index in [0.717, 1.165) is 11.3 Å². The van der Waals surface area contributed by atoms with Gasteiger partial charge in [-0.05, 0) is 48.2 Å². The summed E-state index contributed by atoms with van der Waals surface area (Å²) in [5, 5.41) is 0. The van der Waals surface area contributed by atoms with E-state index in [1.54, 1.807) is 0 Å². The van der Waals surface area contributed by atoms with E-state index in [1.807, 2.05) is 24.3 Å². The normalized spacial score (nSPS) is 10.6. The molecule has 2 rings (SSSR count). The van der Waals surface area contributed by atoms with Gasteiger partial charge in [-0.3, -0.25) is 0 Å².